The molecule has 8 heteroatoms. The number of hydrogen-bond donors (Lipinski definition) is 2. The van der Waals surface area contributed by atoms with Crippen LogP contribution in [0.3, 0.4) is 0 Å². The van der Waals surface area contributed by atoms with Crippen molar-refractivity contribution in [3.63, 3.8) is 0 Å². The molecule has 1 aliphatic heterocycles. The number of benzene rings is 2. The molecule has 5 rings (SSSR count). The third-order valence-corrected chi connectivity index (χ3v) is 7.11. The molecule has 0 spiro atoms. The fraction of sp³-hybridized carbons (Fsp3) is 0.385. The molecular formula is C26H28ClFN4O2. The number of hydrogen-bond acceptors (Lipinski definition) is 4. The topological polar surface area (TPSA) is 95.1 Å². The number of nitrogens with one attached hydrogen (secondary N) is 1. The third-order valence-electron chi connectivity index (χ3n) is 7.11. The molecule has 0 bridgehead atoms. The van der Waals surface area contributed by atoms with Gasteiger partial charge in [-0.15, -0.1) is 12.4 Å². The lowest BCUT2D eigenvalue weighted by molar-refractivity contribution is 0.0421. The molecule has 3 N–H and O–H groups in total. The lowest BCUT2D eigenvalue weighted by Crippen LogP contribution is -2.51. The number of carbonyl (C=O) groups excluding carboxylic acids is 1. The summed E-state index contributed by atoms with van der Waals surface area (Å²) in [5.41, 5.74) is 9.39. The highest BCUT2D eigenvalue weighted by Gasteiger charge is 2.35. The van der Waals surface area contributed by atoms with Gasteiger partial charge in [0.25, 0.3) is 0 Å². The third kappa shape index (κ3) is 4.48. The number of aromatic amines is 1. The van der Waals surface area contributed by atoms with Gasteiger partial charge < -0.3 is 15.5 Å². The van der Waals surface area contributed by atoms with E-state index in [-0.39, 0.29) is 24.2 Å². The van der Waals surface area contributed by atoms with Crippen LogP contribution in [0.4, 0.5) is 4.39 Å². The molecule has 1 saturated carbocycles. The lowest BCUT2D eigenvalue weighted by atomic mass is 9.87. The average molecular weight is 483 g/mol. The molecule has 34 heavy (non-hydrogen) atoms. The van der Waals surface area contributed by atoms with Gasteiger partial charge in [-0.3, -0.25) is 9.69 Å². The summed E-state index contributed by atoms with van der Waals surface area (Å²) in [4.78, 5) is 17.7. The summed E-state index contributed by atoms with van der Waals surface area (Å²) in [7, 11) is 0. The summed E-state index contributed by atoms with van der Waals surface area (Å²) in [5, 5.41) is 10.3. The normalized spacial score (nSPS) is 17.4. The van der Waals surface area contributed by atoms with E-state index in [0.29, 0.717) is 35.8 Å². The first-order valence-electron chi connectivity index (χ1n) is 11.5. The zero-order valence-corrected chi connectivity index (χ0v) is 19.7. The average Bonchev–Trinajstić information content (AvgIpc) is 3.19. The van der Waals surface area contributed by atoms with Crippen LogP contribution in [0.25, 0.3) is 10.9 Å². The fourth-order valence-corrected chi connectivity index (χ4v) is 5.16. The fourth-order valence-electron chi connectivity index (χ4n) is 5.16. The summed E-state index contributed by atoms with van der Waals surface area (Å²) in [6.45, 7) is 1.29. The Morgan fingerprint density at radius 2 is 2.09 bits per heavy atom. The minimum atomic E-state index is -0.554. The number of nitrogens with zero attached hydrogens (tertiary/aromatic N) is 2. The zero-order valence-electron chi connectivity index (χ0n) is 18.9. The molecule has 1 atom stereocenters. The van der Waals surface area contributed by atoms with Crippen molar-refractivity contribution in [3.05, 3.63) is 64.6 Å². The van der Waals surface area contributed by atoms with Crippen LogP contribution in [0, 0.1) is 17.1 Å². The Hall–Kier alpha value is -3.08. The number of nitrogens with two attached hydrogens (primary N) is 1. The van der Waals surface area contributed by atoms with Gasteiger partial charge in [0.15, 0.2) is 11.6 Å². The quantitative estimate of drug-likeness (QED) is 0.518. The maximum absolute atomic E-state index is 14.3. The van der Waals surface area contributed by atoms with Crippen molar-refractivity contribution in [2.24, 2.45) is 5.73 Å². The Kier molecular flexibility index (Phi) is 7.11. The van der Waals surface area contributed by atoms with E-state index in [9.17, 15) is 14.4 Å². The maximum Gasteiger partial charge on any atom is 0.249 e. The highest BCUT2D eigenvalue weighted by molar-refractivity contribution is 5.95. The minimum absolute atomic E-state index is 0. The molecule has 1 amide bonds. The predicted molar refractivity (Wildman–Crippen MR) is 131 cm³/mol. The van der Waals surface area contributed by atoms with Crippen molar-refractivity contribution in [1.82, 2.24) is 9.88 Å². The SMILES string of the molecule is Cl.N#Cc1ccc2[nH]cc(CCCN(C3CCC3)[C@@H]3COc4c(F)ccc(C(N)=O)c4C3)c2c1. The van der Waals surface area contributed by atoms with Gasteiger partial charge in [-0.1, -0.05) is 6.42 Å². The van der Waals surface area contributed by atoms with E-state index in [4.69, 9.17) is 10.5 Å². The second-order valence-corrected chi connectivity index (χ2v) is 9.05. The number of aryl methyl sites for hydroxylation is 1. The van der Waals surface area contributed by atoms with Gasteiger partial charge in [0.2, 0.25) is 5.91 Å². The van der Waals surface area contributed by atoms with Gasteiger partial charge in [-0.05, 0) is 74.5 Å². The lowest BCUT2D eigenvalue weighted by Gasteiger charge is -2.44. The standard InChI is InChI=1S/C26H27FN4O2.ClH/c27-23-8-7-20(26(29)32)22-12-19(15-33-25(22)23)31(18-4-1-5-18)10-2-3-17-14-30-24-9-6-16(13-28)11-21(17)24;/h6-9,11,14,18-19,30H,1-5,10,12,15H2,(H2,29,32);1H/t19-;/m0./s1. The highest BCUT2D eigenvalue weighted by atomic mass is 35.5. The molecule has 0 saturated heterocycles. The van der Waals surface area contributed by atoms with Gasteiger partial charge in [-0.25, -0.2) is 4.39 Å². The molecule has 0 unspecified atom stereocenters. The van der Waals surface area contributed by atoms with Crippen LogP contribution in [0.5, 0.6) is 5.75 Å². The number of H-pyrrole nitrogens is 1. The van der Waals surface area contributed by atoms with Crippen molar-refractivity contribution >= 4 is 29.2 Å². The van der Waals surface area contributed by atoms with Crippen LogP contribution in [-0.2, 0) is 12.8 Å². The Labute approximate surface area is 204 Å². The Balaban J connectivity index is 0.00000274. The van der Waals surface area contributed by atoms with E-state index in [1.165, 1.54) is 24.1 Å². The Morgan fingerprint density at radius 1 is 1.26 bits per heavy atom. The molecule has 2 heterocycles. The summed E-state index contributed by atoms with van der Waals surface area (Å²) in [5.74, 6) is -0.829. The summed E-state index contributed by atoms with van der Waals surface area (Å²) >= 11 is 0. The summed E-state index contributed by atoms with van der Waals surface area (Å²) in [6.07, 6.45) is 7.94. The minimum Gasteiger partial charge on any atom is -0.489 e. The highest BCUT2D eigenvalue weighted by Crippen LogP contribution is 2.35. The van der Waals surface area contributed by atoms with Gasteiger partial charge in [0.05, 0.1) is 11.6 Å². The molecular weight excluding hydrogens is 455 g/mol. The van der Waals surface area contributed by atoms with Crippen molar-refractivity contribution < 1.29 is 13.9 Å². The largest absolute Gasteiger partial charge is 0.489 e. The molecule has 3 aromatic rings. The van der Waals surface area contributed by atoms with Crippen molar-refractivity contribution in [1.29, 1.82) is 5.26 Å². The number of carbonyl (C=O) groups is 1. The first kappa shape index (κ1) is 24.1. The Bertz CT molecular complexity index is 1250. The Morgan fingerprint density at radius 3 is 2.79 bits per heavy atom. The monoisotopic (exact) mass is 482 g/mol. The van der Waals surface area contributed by atoms with E-state index in [2.05, 4.69) is 16.0 Å². The second kappa shape index (κ2) is 10.0. The number of amides is 1. The molecule has 1 fully saturated rings. The number of primary amides is 1. The van der Waals surface area contributed by atoms with Gasteiger partial charge in [0, 0.05) is 40.3 Å². The van der Waals surface area contributed by atoms with E-state index in [1.807, 2.05) is 24.4 Å². The zero-order chi connectivity index (χ0) is 22.9. The van der Waals surface area contributed by atoms with Gasteiger partial charge in [0.1, 0.15) is 6.61 Å². The molecule has 1 aromatic heterocycles. The first-order valence-corrected chi connectivity index (χ1v) is 11.5. The smallest absolute Gasteiger partial charge is 0.249 e. The summed E-state index contributed by atoms with van der Waals surface area (Å²) < 4.78 is 20.1. The van der Waals surface area contributed by atoms with Gasteiger partial charge >= 0.3 is 0 Å². The summed E-state index contributed by atoms with van der Waals surface area (Å²) in [6, 6.07) is 11.2. The molecule has 2 aromatic carbocycles. The van der Waals surface area contributed by atoms with E-state index >= 15 is 0 Å². The predicted octanol–water partition coefficient (Wildman–Crippen LogP) is 4.49. The molecule has 0 radical (unpaired) electrons. The number of fused-ring (bicyclic) bond motifs is 2. The van der Waals surface area contributed by atoms with Crippen LogP contribution in [0.1, 0.15) is 52.7 Å². The van der Waals surface area contributed by atoms with Crippen molar-refractivity contribution in [2.75, 3.05) is 13.2 Å². The van der Waals surface area contributed by atoms with E-state index in [1.54, 1.807) is 0 Å². The number of rotatable bonds is 7. The van der Waals surface area contributed by atoms with Crippen LogP contribution in [-0.4, -0.2) is 41.0 Å². The number of aromatic nitrogens is 1. The molecule has 2 aliphatic rings. The van der Waals surface area contributed by atoms with Crippen LogP contribution < -0.4 is 10.5 Å². The number of halogens is 2. The number of ether oxygens (including phenoxy) is 1. The second-order valence-electron chi connectivity index (χ2n) is 9.05. The first-order chi connectivity index (χ1) is 16.0. The molecule has 178 valence electrons. The van der Waals surface area contributed by atoms with Crippen LogP contribution in [0.15, 0.2) is 36.5 Å². The van der Waals surface area contributed by atoms with Crippen LogP contribution in [0.2, 0.25) is 0 Å². The maximum atomic E-state index is 14.3. The van der Waals surface area contributed by atoms with Crippen molar-refractivity contribution in [2.45, 2.75) is 50.6 Å². The molecule has 1 aliphatic carbocycles. The number of nitriles is 1. The van der Waals surface area contributed by atoms with Crippen LogP contribution >= 0.6 is 12.4 Å². The molecule has 6 nitrogen and oxygen atoms in total. The van der Waals surface area contributed by atoms with E-state index in [0.717, 1.165) is 43.1 Å². The van der Waals surface area contributed by atoms with Gasteiger partial charge in [-0.2, -0.15) is 5.26 Å². The van der Waals surface area contributed by atoms with E-state index < -0.39 is 11.7 Å². The van der Waals surface area contributed by atoms with Crippen molar-refractivity contribution in [3.8, 4) is 11.8 Å².